The van der Waals surface area contributed by atoms with Gasteiger partial charge in [0.15, 0.2) is 0 Å². The zero-order valence-electron chi connectivity index (χ0n) is 9.89. The third kappa shape index (κ3) is 3.14. The lowest BCUT2D eigenvalue weighted by molar-refractivity contribution is 0.429. The molecule has 0 saturated carbocycles. The van der Waals surface area contributed by atoms with Crippen LogP contribution in [0.2, 0.25) is 0 Å². The summed E-state index contributed by atoms with van der Waals surface area (Å²) in [5.74, 6) is 0. The molecule has 0 amide bonds. The van der Waals surface area contributed by atoms with Crippen molar-refractivity contribution in [1.82, 2.24) is 15.1 Å². The van der Waals surface area contributed by atoms with Gasteiger partial charge in [0.1, 0.15) is 0 Å². The summed E-state index contributed by atoms with van der Waals surface area (Å²) in [6.45, 7) is 9.67. The van der Waals surface area contributed by atoms with Crippen LogP contribution in [0.15, 0.2) is 6.20 Å². The molecule has 0 fully saturated rings. The average Bonchev–Trinajstić information content (AvgIpc) is 2.33. The predicted molar refractivity (Wildman–Crippen MR) is 59.4 cm³/mol. The van der Waals surface area contributed by atoms with Crippen LogP contribution in [0.4, 0.5) is 0 Å². The molecule has 0 atom stereocenters. The van der Waals surface area contributed by atoms with Crippen molar-refractivity contribution in [3.8, 4) is 0 Å². The van der Waals surface area contributed by atoms with Crippen LogP contribution in [0.5, 0.6) is 0 Å². The number of aromatic nitrogens is 2. The van der Waals surface area contributed by atoms with E-state index in [2.05, 4.69) is 38.1 Å². The number of aryl methyl sites for hydroxylation is 1. The summed E-state index contributed by atoms with van der Waals surface area (Å²) in [4.78, 5) is 0. The van der Waals surface area contributed by atoms with Gasteiger partial charge < -0.3 is 5.32 Å². The van der Waals surface area contributed by atoms with E-state index in [1.165, 1.54) is 11.3 Å². The summed E-state index contributed by atoms with van der Waals surface area (Å²) in [5, 5.41) is 7.69. The van der Waals surface area contributed by atoms with E-state index in [1.807, 2.05) is 17.9 Å². The summed E-state index contributed by atoms with van der Waals surface area (Å²) in [5.41, 5.74) is 2.81. The molecule has 1 aromatic rings. The topological polar surface area (TPSA) is 29.9 Å². The average molecular weight is 195 g/mol. The molecule has 0 unspecified atom stereocenters. The van der Waals surface area contributed by atoms with Crippen molar-refractivity contribution < 1.29 is 0 Å². The Kier molecular flexibility index (Phi) is 3.32. The third-order valence-electron chi connectivity index (χ3n) is 2.39. The summed E-state index contributed by atoms with van der Waals surface area (Å²) in [6, 6.07) is 0. The fourth-order valence-electron chi connectivity index (χ4n) is 1.36. The minimum absolute atomic E-state index is 0.204. The van der Waals surface area contributed by atoms with E-state index < -0.39 is 0 Å². The standard InChI is InChI=1S/C11H21N3/c1-9-10(8-13-14(9)5)6-7-12-11(2,3)4/h8,12H,6-7H2,1-5H3. The molecule has 80 valence electrons. The molecule has 0 aliphatic heterocycles. The highest BCUT2D eigenvalue weighted by molar-refractivity contribution is 5.16. The fraction of sp³-hybridized carbons (Fsp3) is 0.727. The first-order chi connectivity index (χ1) is 6.40. The fourth-order valence-corrected chi connectivity index (χ4v) is 1.36. The second kappa shape index (κ2) is 4.13. The summed E-state index contributed by atoms with van der Waals surface area (Å²) in [6.07, 6.45) is 3.01. The molecule has 1 N–H and O–H groups in total. The minimum atomic E-state index is 0.204. The highest BCUT2D eigenvalue weighted by Crippen LogP contribution is 2.06. The van der Waals surface area contributed by atoms with Gasteiger partial charge in [-0.1, -0.05) is 0 Å². The van der Waals surface area contributed by atoms with E-state index in [4.69, 9.17) is 0 Å². The Morgan fingerprint density at radius 1 is 1.43 bits per heavy atom. The van der Waals surface area contributed by atoms with E-state index >= 15 is 0 Å². The van der Waals surface area contributed by atoms with E-state index in [9.17, 15) is 0 Å². The Morgan fingerprint density at radius 3 is 2.50 bits per heavy atom. The van der Waals surface area contributed by atoms with E-state index in [1.54, 1.807) is 0 Å². The highest BCUT2D eigenvalue weighted by atomic mass is 15.3. The van der Waals surface area contributed by atoms with Crippen molar-refractivity contribution in [1.29, 1.82) is 0 Å². The first-order valence-corrected chi connectivity index (χ1v) is 5.12. The van der Waals surface area contributed by atoms with Crippen LogP contribution >= 0.6 is 0 Å². The molecular weight excluding hydrogens is 174 g/mol. The first-order valence-electron chi connectivity index (χ1n) is 5.12. The molecule has 0 radical (unpaired) electrons. The molecule has 1 rings (SSSR count). The van der Waals surface area contributed by atoms with Gasteiger partial charge in [-0.15, -0.1) is 0 Å². The lowest BCUT2D eigenvalue weighted by Gasteiger charge is -2.20. The molecule has 0 aliphatic carbocycles. The number of hydrogen-bond acceptors (Lipinski definition) is 2. The molecule has 14 heavy (non-hydrogen) atoms. The molecule has 3 heteroatoms. The lowest BCUT2D eigenvalue weighted by Crippen LogP contribution is -2.37. The summed E-state index contributed by atoms with van der Waals surface area (Å²) >= 11 is 0. The highest BCUT2D eigenvalue weighted by Gasteiger charge is 2.09. The summed E-state index contributed by atoms with van der Waals surface area (Å²) < 4.78 is 1.92. The van der Waals surface area contributed by atoms with Gasteiger partial charge in [0.05, 0.1) is 6.20 Å². The quantitative estimate of drug-likeness (QED) is 0.795. The Hall–Kier alpha value is -0.830. The van der Waals surface area contributed by atoms with Crippen LogP contribution in [0.25, 0.3) is 0 Å². The van der Waals surface area contributed by atoms with Gasteiger partial charge in [0.2, 0.25) is 0 Å². The van der Waals surface area contributed by atoms with Crippen molar-refractivity contribution >= 4 is 0 Å². The van der Waals surface area contributed by atoms with Crippen molar-refractivity contribution in [3.63, 3.8) is 0 Å². The maximum absolute atomic E-state index is 4.22. The molecule has 0 saturated heterocycles. The molecule has 0 spiro atoms. The van der Waals surface area contributed by atoms with Crippen LogP contribution in [0.1, 0.15) is 32.0 Å². The SMILES string of the molecule is Cc1c(CCNC(C)(C)C)cnn1C. The second-order valence-corrected chi connectivity index (χ2v) is 4.81. The molecule has 0 aliphatic rings. The Labute approximate surface area is 86.5 Å². The van der Waals surface area contributed by atoms with Crippen molar-refractivity contribution in [2.24, 2.45) is 7.05 Å². The van der Waals surface area contributed by atoms with Crippen LogP contribution in [-0.4, -0.2) is 21.9 Å². The zero-order chi connectivity index (χ0) is 10.8. The lowest BCUT2D eigenvalue weighted by atomic mass is 10.1. The molecule has 1 aromatic heterocycles. The summed E-state index contributed by atoms with van der Waals surface area (Å²) in [7, 11) is 1.98. The molecule has 3 nitrogen and oxygen atoms in total. The Balaban J connectivity index is 2.43. The van der Waals surface area contributed by atoms with Crippen molar-refractivity contribution in [2.75, 3.05) is 6.54 Å². The van der Waals surface area contributed by atoms with Gasteiger partial charge in [-0.2, -0.15) is 5.10 Å². The van der Waals surface area contributed by atoms with Gasteiger partial charge in [0, 0.05) is 18.3 Å². The Morgan fingerprint density at radius 2 is 2.07 bits per heavy atom. The molecule has 0 bridgehead atoms. The maximum atomic E-state index is 4.22. The van der Waals surface area contributed by atoms with Crippen LogP contribution in [0, 0.1) is 6.92 Å². The number of nitrogens with one attached hydrogen (secondary N) is 1. The van der Waals surface area contributed by atoms with Gasteiger partial charge >= 0.3 is 0 Å². The zero-order valence-corrected chi connectivity index (χ0v) is 9.89. The van der Waals surface area contributed by atoms with Crippen LogP contribution < -0.4 is 5.32 Å². The van der Waals surface area contributed by atoms with E-state index in [-0.39, 0.29) is 5.54 Å². The van der Waals surface area contributed by atoms with E-state index in [0.29, 0.717) is 0 Å². The van der Waals surface area contributed by atoms with Gasteiger partial charge in [-0.3, -0.25) is 4.68 Å². The monoisotopic (exact) mass is 195 g/mol. The number of rotatable bonds is 3. The van der Waals surface area contributed by atoms with Crippen molar-refractivity contribution in [3.05, 3.63) is 17.5 Å². The van der Waals surface area contributed by atoms with Crippen LogP contribution in [0.3, 0.4) is 0 Å². The predicted octanol–water partition coefficient (Wildman–Crippen LogP) is 1.66. The second-order valence-electron chi connectivity index (χ2n) is 4.81. The molecular formula is C11H21N3. The number of nitrogens with zero attached hydrogens (tertiary/aromatic N) is 2. The normalized spacial score (nSPS) is 12.1. The maximum Gasteiger partial charge on any atom is 0.0524 e. The first kappa shape index (κ1) is 11.2. The Bertz CT molecular complexity index is 294. The number of hydrogen-bond donors (Lipinski definition) is 1. The van der Waals surface area contributed by atoms with Gasteiger partial charge in [-0.25, -0.2) is 0 Å². The van der Waals surface area contributed by atoms with Crippen molar-refractivity contribution in [2.45, 2.75) is 39.7 Å². The molecule has 1 heterocycles. The third-order valence-corrected chi connectivity index (χ3v) is 2.39. The minimum Gasteiger partial charge on any atom is -0.312 e. The molecule has 0 aromatic carbocycles. The van der Waals surface area contributed by atoms with Gasteiger partial charge in [0.25, 0.3) is 0 Å². The largest absolute Gasteiger partial charge is 0.312 e. The van der Waals surface area contributed by atoms with Crippen LogP contribution in [-0.2, 0) is 13.5 Å². The smallest absolute Gasteiger partial charge is 0.0524 e. The van der Waals surface area contributed by atoms with Gasteiger partial charge in [-0.05, 0) is 46.2 Å². The van der Waals surface area contributed by atoms with E-state index in [0.717, 1.165) is 13.0 Å².